The Hall–Kier alpha value is -4.14. The van der Waals surface area contributed by atoms with Gasteiger partial charge in [0.1, 0.15) is 11.3 Å². The summed E-state index contributed by atoms with van der Waals surface area (Å²) >= 11 is 0. The van der Waals surface area contributed by atoms with Crippen LogP contribution in [0.15, 0.2) is 57.2 Å². The van der Waals surface area contributed by atoms with Gasteiger partial charge in [0.25, 0.3) is 11.5 Å². The summed E-state index contributed by atoms with van der Waals surface area (Å²) in [5, 5.41) is 23.8. The molecule has 0 aliphatic carbocycles. The van der Waals surface area contributed by atoms with Crippen LogP contribution in [0.1, 0.15) is 27.0 Å². The molecule has 3 rings (SSSR count). The molecule has 4 N–H and O–H groups in total. The number of H-pyrrole nitrogens is 1. The number of amides is 1. The van der Waals surface area contributed by atoms with Crippen molar-refractivity contribution in [3.8, 4) is 17.3 Å². The molecular formula is C20H18N4O5. The molecule has 0 saturated heterocycles. The molecule has 0 aliphatic rings. The number of phenols is 1. The monoisotopic (exact) mass is 394 g/mol. The van der Waals surface area contributed by atoms with E-state index >= 15 is 0 Å². The second-order valence-corrected chi connectivity index (χ2v) is 6.32. The van der Waals surface area contributed by atoms with Gasteiger partial charge in [0, 0.05) is 0 Å². The minimum atomic E-state index is -0.867. The highest BCUT2D eigenvalue weighted by Gasteiger charge is 2.15. The van der Waals surface area contributed by atoms with Crippen molar-refractivity contribution < 1.29 is 15.0 Å². The molecule has 29 heavy (non-hydrogen) atoms. The molecule has 0 bridgehead atoms. The van der Waals surface area contributed by atoms with Crippen LogP contribution in [0.3, 0.4) is 0 Å². The molecule has 9 nitrogen and oxygen atoms in total. The van der Waals surface area contributed by atoms with E-state index in [1.807, 2.05) is 13.8 Å². The van der Waals surface area contributed by atoms with Crippen LogP contribution >= 0.6 is 0 Å². The highest BCUT2D eigenvalue weighted by molar-refractivity contribution is 5.97. The van der Waals surface area contributed by atoms with Crippen LogP contribution in [0.5, 0.6) is 11.6 Å². The van der Waals surface area contributed by atoms with Crippen molar-refractivity contribution in [2.45, 2.75) is 13.8 Å². The van der Waals surface area contributed by atoms with Crippen LogP contribution in [-0.2, 0) is 0 Å². The number of hydrogen-bond donors (Lipinski definition) is 4. The molecule has 1 aromatic heterocycles. The quantitative estimate of drug-likeness (QED) is 0.391. The maximum Gasteiger partial charge on any atom is 0.335 e. The van der Waals surface area contributed by atoms with Crippen molar-refractivity contribution in [1.29, 1.82) is 0 Å². The zero-order valence-electron chi connectivity index (χ0n) is 15.6. The van der Waals surface area contributed by atoms with E-state index in [-0.39, 0.29) is 16.9 Å². The molecule has 0 fully saturated rings. The second-order valence-electron chi connectivity index (χ2n) is 6.32. The Bertz CT molecular complexity index is 1240. The zero-order chi connectivity index (χ0) is 21.1. The number of carbonyl (C=O) groups is 1. The van der Waals surface area contributed by atoms with E-state index in [2.05, 4.69) is 15.5 Å². The summed E-state index contributed by atoms with van der Waals surface area (Å²) in [6.45, 7) is 3.75. The van der Waals surface area contributed by atoms with Gasteiger partial charge in [-0.15, -0.1) is 0 Å². The van der Waals surface area contributed by atoms with Crippen molar-refractivity contribution in [2.75, 3.05) is 0 Å². The Kier molecular flexibility index (Phi) is 5.31. The largest absolute Gasteiger partial charge is 0.507 e. The number of para-hydroxylation sites is 1. The Labute approximate surface area is 164 Å². The second kappa shape index (κ2) is 7.85. The molecule has 3 aromatic rings. The van der Waals surface area contributed by atoms with Gasteiger partial charge in [0.05, 0.1) is 17.5 Å². The van der Waals surface area contributed by atoms with Gasteiger partial charge in [-0.2, -0.15) is 5.10 Å². The lowest BCUT2D eigenvalue weighted by atomic mass is 10.1. The lowest BCUT2D eigenvalue weighted by Crippen LogP contribution is -2.31. The number of nitrogens with one attached hydrogen (secondary N) is 2. The summed E-state index contributed by atoms with van der Waals surface area (Å²) in [5.74, 6) is -1.57. The van der Waals surface area contributed by atoms with Crippen molar-refractivity contribution >= 4 is 12.1 Å². The van der Waals surface area contributed by atoms with Gasteiger partial charge < -0.3 is 10.2 Å². The molecule has 0 saturated carbocycles. The lowest BCUT2D eigenvalue weighted by molar-refractivity contribution is 0.0952. The van der Waals surface area contributed by atoms with Crippen LogP contribution in [0, 0.1) is 13.8 Å². The Balaban J connectivity index is 1.96. The summed E-state index contributed by atoms with van der Waals surface area (Å²) in [6.07, 6.45) is 0.920. The van der Waals surface area contributed by atoms with Gasteiger partial charge in [-0.25, -0.2) is 14.8 Å². The predicted octanol–water partition coefficient (Wildman–Crippen LogP) is 1.32. The van der Waals surface area contributed by atoms with Crippen molar-refractivity contribution in [3.63, 3.8) is 0 Å². The van der Waals surface area contributed by atoms with E-state index in [0.29, 0.717) is 5.69 Å². The fourth-order valence-corrected chi connectivity index (χ4v) is 2.64. The maximum absolute atomic E-state index is 12.2. The summed E-state index contributed by atoms with van der Waals surface area (Å²) < 4.78 is 0.931. The van der Waals surface area contributed by atoms with Crippen LogP contribution in [0.2, 0.25) is 0 Å². The minimum Gasteiger partial charge on any atom is -0.507 e. The van der Waals surface area contributed by atoms with Gasteiger partial charge in [-0.05, 0) is 49.2 Å². The van der Waals surface area contributed by atoms with Gasteiger partial charge in [0.15, 0.2) is 0 Å². The molecule has 0 spiro atoms. The average Bonchev–Trinajstić information content (AvgIpc) is 2.67. The highest BCUT2D eigenvalue weighted by Crippen LogP contribution is 2.18. The number of carbonyl (C=O) groups excluding carboxylic acids is 1. The number of phenolic OH excluding ortho intramolecular Hbond substituents is 1. The molecule has 9 heteroatoms. The SMILES string of the molecule is Cc1ccc(-n2c(O)c(C=NNC(=O)c3ccccc3O)c(=O)[nH]c2=O)cc1C. The van der Waals surface area contributed by atoms with Gasteiger partial charge in [0.2, 0.25) is 5.88 Å². The predicted molar refractivity (Wildman–Crippen MR) is 107 cm³/mol. The van der Waals surface area contributed by atoms with Crippen LogP contribution in [0.4, 0.5) is 0 Å². The number of benzene rings is 2. The first-order valence-electron chi connectivity index (χ1n) is 8.57. The van der Waals surface area contributed by atoms with Crippen LogP contribution < -0.4 is 16.7 Å². The highest BCUT2D eigenvalue weighted by atomic mass is 16.3. The number of nitrogens with zero attached hydrogens (tertiary/aromatic N) is 2. The maximum atomic E-state index is 12.2. The molecule has 1 heterocycles. The normalized spacial score (nSPS) is 11.0. The number of hydrogen-bond acceptors (Lipinski definition) is 6. The third-order valence-corrected chi connectivity index (χ3v) is 4.38. The fourth-order valence-electron chi connectivity index (χ4n) is 2.64. The van der Waals surface area contributed by atoms with Crippen molar-refractivity contribution in [1.82, 2.24) is 15.0 Å². The number of aromatic hydroxyl groups is 2. The van der Waals surface area contributed by atoms with E-state index in [4.69, 9.17) is 0 Å². The zero-order valence-corrected chi connectivity index (χ0v) is 15.6. The third kappa shape index (κ3) is 3.93. The molecule has 0 atom stereocenters. The van der Waals surface area contributed by atoms with Crippen molar-refractivity contribution in [3.05, 3.63) is 85.6 Å². The minimum absolute atomic E-state index is 0.0112. The van der Waals surface area contributed by atoms with Gasteiger partial charge in [-0.3, -0.25) is 14.6 Å². The summed E-state index contributed by atoms with van der Waals surface area (Å²) in [7, 11) is 0. The van der Waals surface area contributed by atoms with Gasteiger partial charge >= 0.3 is 5.69 Å². The van der Waals surface area contributed by atoms with Crippen molar-refractivity contribution in [2.24, 2.45) is 5.10 Å². The van der Waals surface area contributed by atoms with E-state index in [9.17, 15) is 24.6 Å². The lowest BCUT2D eigenvalue weighted by Gasteiger charge is -2.11. The Morgan fingerprint density at radius 3 is 2.52 bits per heavy atom. The molecule has 0 aliphatic heterocycles. The first-order valence-corrected chi connectivity index (χ1v) is 8.57. The van der Waals surface area contributed by atoms with E-state index in [0.717, 1.165) is 21.9 Å². The molecule has 148 valence electrons. The molecule has 1 amide bonds. The number of aromatic nitrogens is 2. The number of aryl methyl sites for hydroxylation is 2. The molecule has 0 radical (unpaired) electrons. The number of hydrazone groups is 1. The fraction of sp³-hybridized carbons (Fsp3) is 0.100. The van der Waals surface area contributed by atoms with E-state index in [1.54, 1.807) is 30.3 Å². The van der Waals surface area contributed by atoms with Crippen LogP contribution in [0.25, 0.3) is 5.69 Å². The van der Waals surface area contributed by atoms with E-state index in [1.165, 1.54) is 12.1 Å². The first kappa shape index (κ1) is 19.6. The molecule has 2 aromatic carbocycles. The topological polar surface area (TPSA) is 137 Å². The molecular weight excluding hydrogens is 376 g/mol. The third-order valence-electron chi connectivity index (χ3n) is 4.38. The number of aromatic amines is 1. The Morgan fingerprint density at radius 2 is 1.83 bits per heavy atom. The summed E-state index contributed by atoms with van der Waals surface area (Å²) in [4.78, 5) is 38.5. The molecule has 0 unspecified atom stereocenters. The smallest absolute Gasteiger partial charge is 0.335 e. The number of rotatable bonds is 4. The standard InChI is InChI=1S/C20H18N4O5/c1-11-7-8-13(9-12(11)2)24-19(28)15(17(26)22-20(24)29)10-21-23-18(27)14-5-3-4-6-16(14)25/h3-10,25,28H,1-2H3,(H,23,27)(H,22,26,29). The van der Waals surface area contributed by atoms with Gasteiger partial charge in [-0.1, -0.05) is 18.2 Å². The average molecular weight is 394 g/mol. The summed E-state index contributed by atoms with van der Waals surface area (Å²) in [6, 6.07) is 11.0. The van der Waals surface area contributed by atoms with E-state index < -0.39 is 23.0 Å². The summed E-state index contributed by atoms with van der Waals surface area (Å²) in [5.41, 5.74) is 2.39. The first-order chi connectivity index (χ1) is 13.8. The van der Waals surface area contributed by atoms with Crippen LogP contribution in [-0.4, -0.2) is 31.9 Å². The Morgan fingerprint density at radius 1 is 1.10 bits per heavy atom.